The highest BCUT2D eigenvalue weighted by Gasteiger charge is 2.31. The van der Waals surface area contributed by atoms with E-state index in [0.717, 1.165) is 25.3 Å². The molecule has 6 heteroatoms. The van der Waals surface area contributed by atoms with Crippen LogP contribution in [0.25, 0.3) is 0 Å². The highest BCUT2D eigenvalue weighted by atomic mass is 35.5. The second-order valence-corrected chi connectivity index (χ2v) is 7.34. The maximum atomic E-state index is 13.4. The number of nitrogens with zero attached hydrogens (tertiary/aromatic N) is 1. The average molecular weight is 320 g/mol. The lowest BCUT2D eigenvalue weighted by Crippen LogP contribution is -2.40. The molecule has 0 amide bonds. The average Bonchev–Trinajstić information content (AvgIpc) is 2.47. The highest BCUT2D eigenvalue weighted by molar-refractivity contribution is 7.89. The van der Waals surface area contributed by atoms with Gasteiger partial charge in [0.2, 0.25) is 10.0 Å². The topological polar surface area (TPSA) is 37.4 Å². The van der Waals surface area contributed by atoms with Gasteiger partial charge in [0.25, 0.3) is 0 Å². The molecule has 0 aliphatic carbocycles. The van der Waals surface area contributed by atoms with E-state index in [0.29, 0.717) is 24.6 Å². The van der Waals surface area contributed by atoms with E-state index in [1.807, 2.05) is 0 Å². The summed E-state index contributed by atoms with van der Waals surface area (Å²) in [6.45, 7) is 3.07. The third kappa shape index (κ3) is 3.15. The molecular weight excluding hydrogens is 301 g/mol. The fourth-order valence-corrected chi connectivity index (χ4v) is 4.70. The van der Waals surface area contributed by atoms with Crippen molar-refractivity contribution in [2.75, 3.05) is 13.1 Å². The number of hydrogen-bond donors (Lipinski definition) is 0. The number of hydrogen-bond acceptors (Lipinski definition) is 2. The van der Waals surface area contributed by atoms with E-state index in [9.17, 15) is 12.8 Å². The van der Waals surface area contributed by atoms with E-state index in [-0.39, 0.29) is 10.8 Å². The molecule has 0 saturated carbocycles. The van der Waals surface area contributed by atoms with Crippen molar-refractivity contribution < 1.29 is 12.8 Å². The number of benzene rings is 1. The molecule has 1 aromatic rings. The van der Waals surface area contributed by atoms with E-state index in [1.165, 1.54) is 16.4 Å². The molecule has 2 rings (SSSR count). The molecule has 20 heavy (non-hydrogen) atoms. The Balaban J connectivity index is 2.37. The summed E-state index contributed by atoms with van der Waals surface area (Å²) in [4.78, 5) is 0.00394. The van der Waals surface area contributed by atoms with Crippen molar-refractivity contribution in [2.24, 2.45) is 5.92 Å². The fraction of sp³-hybridized carbons (Fsp3) is 0.571. The van der Waals surface area contributed by atoms with Gasteiger partial charge in [-0.15, -0.1) is 11.6 Å². The zero-order chi connectivity index (χ0) is 14.8. The van der Waals surface area contributed by atoms with Crippen molar-refractivity contribution in [1.29, 1.82) is 0 Å². The summed E-state index contributed by atoms with van der Waals surface area (Å²) >= 11 is 5.78. The Bertz CT molecular complexity index is 577. The number of halogens is 2. The van der Waals surface area contributed by atoms with Crippen LogP contribution >= 0.6 is 11.6 Å². The van der Waals surface area contributed by atoms with E-state index < -0.39 is 15.8 Å². The van der Waals surface area contributed by atoms with Crippen LogP contribution in [-0.2, 0) is 15.9 Å². The van der Waals surface area contributed by atoms with Gasteiger partial charge in [0, 0.05) is 19.0 Å². The maximum absolute atomic E-state index is 13.4. The third-order valence-corrected chi connectivity index (χ3v) is 6.09. The third-order valence-electron chi connectivity index (χ3n) is 3.85. The summed E-state index contributed by atoms with van der Waals surface area (Å²) in [5, 5.41) is 0. The first-order valence-corrected chi connectivity index (χ1v) is 8.81. The quantitative estimate of drug-likeness (QED) is 0.798. The predicted octanol–water partition coefficient (Wildman–Crippen LogP) is 3.38. The Hall–Kier alpha value is -0.650. The van der Waals surface area contributed by atoms with E-state index in [1.54, 1.807) is 0 Å². The van der Waals surface area contributed by atoms with Crippen molar-refractivity contribution in [1.82, 2.24) is 4.31 Å². The zero-order valence-corrected chi connectivity index (χ0v) is 13.1. The van der Waals surface area contributed by atoms with Crippen LogP contribution in [0.4, 0.5) is 4.39 Å². The molecule has 0 bridgehead atoms. The van der Waals surface area contributed by atoms with Crippen LogP contribution in [0.5, 0.6) is 0 Å². The lowest BCUT2D eigenvalue weighted by Gasteiger charge is -2.31. The van der Waals surface area contributed by atoms with Crippen molar-refractivity contribution >= 4 is 21.6 Å². The van der Waals surface area contributed by atoms with E-state index in [2.05, 4.69) is 6.92 Å². The molecule has 0 aromatic heterocycles. The second kappa shape index (κ2) is 6.41. The summed E-state index contributed by atoms with van der Waals surface area (Å²) in [5.41, 5.74) is 0.451. The molecule has 1 aromatic carbocycles. The Labute approximate surface area is 124 Å². The summed E-state index contributed by atoms with van der Waals surface area (Å²) in [6.07, 6.45) is 2.86. The van der Waals surface area contributed by atoms with Gasteiger partial charge in [0.05, 0.1) is 4.90 Å². The normalized spacial score (nSPS) is 21.1. The smallest absolute Gasteiger partial charge is 0.207 e. The van der Waals surface area contributed by atoms with Crippen LogP contribution < -0.4 is 0 Å². The standard InChI is InChI=1S/C14H19ClFNO2S/c1-2-11-4-3-7-17(10-11)20(18,19)14-8-13(16)6-5-12(14)9-15/h5-6,8,11H,2-4,7,9-10H2,1H3. The van der Waals surface area contributed by atoms with Crippen LogP contribution in [0.15, 0.2) is 23.1 Å². The van der Waals surface area contributed by atoms with Crippen LogP contribution in [0.2, 0.25) is 0 Å². The predicted molar refractivity (Wildman–Crippen MR) is 77.7 cm³/mol. The van der Waals surface area contributed by atoms with Crippen molar-refractivity contribution in [3.8, 4) is 0 Å². The van der Waals surface area contributed by atoms with Gasteiger partial charge >= 0.3 is 0 Å². The molecule has 1 aliphatic heterocycles. The molecule has 112 valence electrons. The van der Waals surface area contributed by atoms with Gasteiger partial charge < -0.3 is 0 Å². The first-order chi connectivity index (χ1) is 9.48. The minimum Gasteiger partial charge on any atom is -0.207 e. The SMILES string of the molecule is CCC1CCCN(S(=O)(=O)c2cc(F)ccc2CCl)C1. The molecule has 0 spiro atoms. The van der Waals surface area contributed by atoms with Crippen molar-refractivity contribution in [3.63, 3.8) is 0 Å². The number of sulfonamides is 1. The minimum absolute atomic E-state index is 0.00394. The molecule has 1 aliphatic rings. The molecule has 1 fully saturated rings. The van der Waals surface area contributed by atoms with Crippen LogP contribution in [-0.4, -0.2) is 25.8 Å². The van der Waals surface area contributed by atoms with Gasteiger partial charge in [0.1, 0.15) is 5.82 Å². The Kier molecular flexibility index (Phi) is 5.04. The van der Waals surface area contributed by atoms with Gasteiger partial charge in [-0.05, 0) is 36.5 Å². The molecular formula is C14H19ClFNO2S. The summed E-state index contributed by atoms with van der Waals surface area (Å²) in [7, 11) is -3.66. The zero-order valence-electron chi connectivity index (χ0n) is 11.5. The monoisotopic (exact) mass is 319 g/mol. The van der Waals surface area contributed by atoms with Gasteiger partial charge in [-0.25, -0.2) is 12.8 Å². The first-order valence-electron chi connectivity index (χ1n) is 6.83. The van der Waals surface area contributed by atoms with Crippen LogP contribution in [0, 0.1) is 11.7 Å². The number of rotatable bonds is 4. The Morgan fingerprint density at radius 1 is 1.45 bits per heavy atom. The fourth-order valence-electron chi connectivity index (χ4n) is 2.60. The summed E-state index contributed by atoms with van der Waals surface area (Å²) in [5.74, 6) is -0.118. The largest absolute Gasteiger partial charge is 0.243 e. The van der Waals surface area contributed by atoms with E-state index in [4.69, 9.17) is 11.6 Å². The van der Waals surface area contributed by atoms with Gasteiger partial charge in [-0.3, -0.25) is 0 Å². The Morgan fingerprint density at radius 3 is 2.85 bits per heavy atom. The molecule has 1 saturated heterocycles. The second-order valence-electron chi connectivity index (χ2n) is 5.17. The van der Waals surface area contributed by atoms with Gasteiger partial charge in [-0.1, -0.05) is 19.4 Å². The number of alkyl halides is 1. The first kappa shape index (κ1) is 15.7. The molecule has 3 nitrogen and oxygen atoms in total. The number of piperidine rings is 1. The lowest BCUT2D eigenvalue weighted by molar-refractivity contribution is 0.261. The Morgan fingerprint density at radius 2 is 2.20 bits per heavy atom. The molecule has 1 heterocycles. The molecule has 1 unspecified atom stereocenters. The van der Waals surface area contributed by atoms with Crippen molar-refractivity contribution in [2.45, 2.75) is 37.0 Å². The minimum atomic E-state index is -3.66. The van der Waals surface area contributed by atoms with Gasteiger partial charge in [0.15, 0.2) is 0 Å². The molecule has 1 atom stereocenters. The van der Waals surface area contributed by atoms with Crippen molar-refractivity contribution in [3.05, 3.63) is 29.6 Å². The lowest BCUT2D eigenvalue weighted by atomic mass is 9.97. The molecule has 0 radical (unpaired) electrons. The van der Waals surface area contributed by atoms with Crippen LogP contribution in [0.3, 0.4) is 0 Å². The molecule has 0 N–H and O–H groups in total. The van der Waals surface area contributed by atoms with Gasteiger partial charge in [-0.2, -0.15) is 4.31 Å². The maximum Gasteiger partial charge on any atom is 0.243 e. The van der Waals surface area contributed by atoms with Crippen LogP contribution in [0.1, 0.15) is 31.7 Å². The summed E-state index contributed by atoms with van der Waals surface area (Å²) in [6, 6.07) is 3.75. The van der Waals surface area contributed by atoms with E-state index >= 15 is 0 Å². The summed E-state index contributed by atoms with van der Waals surface area (Å²) < 4.78 is 40.2. The highest BCUT2D eigenvalue weighted by Crippen LogP contribution is 2.28.